The number of rotatable bonds is 4. The molecule has 2 heteroatoms. The summed E-state index contributed by atoms with van der Waals surface area (Å²) in [6, 6.07) is 10.1. The van der Waals surface area contributed by atoms with Gasteiger partial charge < -0.3 is 5.73 Å². The number of carbonyl (C=O) groups is 1. The summed E-state index contributed by atoms with van der Waals surface area (Å²) in [6.07, 6.45) is 9.78. The zero-order chi connectivity index (χ0) is 12.1. The maximum absolute atomic E-state index is 11.2. The van der Waals surface area contributed by atoms with Gasteiger partial charge in [-0.15, -0.1) is 0 Å². The molecule has 1 aromatic carbocycles. The van der Waals surface area contributed by atoms with Crippen LogP contribution in [0.25, 0.3) is 0 Å². The highest BCUT2D eigenvalue weighted by Crippen LogP contribution is 2.32. The Labute approximate surface area is 102 Å². The van der Waals surface area contributed by atoms with E-state index >= 15 is 0 Å². The second-order valence-electron chi connectivity index (χ2n) is 4.40. The first-order valence-corrected chi connectivity index (χ1v) is 5.94. The zero-order valence-corrected chi connectivity index (χ0v) is 9.75. The van der Waals surface area contributed by atoms with Gasteiger partial charge in [-0.05, 0) is 23.8 Å². The number of hydrogen-bond acceptors (Lipinski definition) is 1. The Balaban J connectivity index is 2.22. The SMILES string of the molecule is NC(=O)CC(c1ccccc1)C1C=CC=CC1. The number of nitrogens with two attached hydrogens (primary N) is 1. The lowest BCUT2D eigenvalue weighted by Crippen LogP contribution is -2.20. The lowest BCUT2D eigenvalue weighted by atomic mass is 9.80. The molecule has 0 fully saturated rings. The number of amides is 1. The van der Waals surface area contributed by atoms with Gasteiger partial charge >= 0.3 is 0 Å². The monoisotopic (exact) mass is 227 g/mol. The van der Waals surface area contributed by atoms with Crippen LogP contribution in [0.4, 0.5) is 0 Å². The third kappa shape index (κ3) is 3.06. The van der Waals surface area contributed by atoms with E-state index in [0.717, 1.165) is 6.42 Å². The quantitative estimate of drug-likeness (QED) is 0.844. The molecular formula is C15H17NO. The molecule has 2 atom stereocenters. The van der Waals surface area contributed by atoms with E-state index in [1.165, 1.54) is 5.56 Å². The molecule has 17 heavy (non-hydrogen) atoms. The van der Waals surface area contributed by atoms with Crippen LogP contribution < -0.4 is 5.73 Å². The van der Waals surface area contributed by atoms with Gasteiger partial charge in [0.1, 0.15) is 0 Å². The molecule has 0 heterocycles. The van der Waals surface area contributed by atoms with Crippen molar-refractivity contribution in [3.05, 3.63) is 60.2 Å². The fourth-order valence-electron chi connectivity index (χ4n) is 2.33. The van der Waals surface area contributed by atoms with Crippen LogP contribution in [0.1, 0.15) is 24.3 Å². The molecule has 0 aliphatic heterocycles. The van der Waals surface area contributed by atoms with E-state index in [9.17, 15) is 4.79 Å². The molecule has 0 aromatic heterocycles. The van der Waals surface area contributed by atoms with Gasteiger partial charge in [-0.1, -0.05) is 54.6 Å². The van der Waals surface area contributed by atoms with Crippen LogP contribution >= 0.6 is 0 Å². The van der Waals surface area contributed by atoms with Crippen molar-refractivity contribution in [3.8, 4) is 0 Å². The van der Waals surface area contributed by atoms with Crippen molar-refractivity contribution in [1.82, 2.24) is 0 Å². The molecular weight excluding hydrogens is 210 g/mol. The molecule has 0 radical (unpaired) electrons. The normalized spacial score (nSPS) is 20.1. The Hall–Kier alpha value is -1.83. The van der Waals surface area contributed by atoms with Gasteiger partial charge in [0.05, 0.1) is 0 Å². The predicted octanol–water partition coefficient (Wildman–Crippen LogP) is 2.78. The molecule has 2 unspecified atom stereocenters. The first kappa shape index (κ1) is 11.6. The highest BCUT2D eigenvalue weighted by molar-refractivity contribution is 5.74. The Morgan fingerprint density at radius 1 is 1.29 bits per heavy atom. The summed E-state index contributed by atoms with van der Waals surface area (Å²) >= 11 is 0. The van der Waals surface area contributed by atoms with Crippen molar-refractivity contribution >= 4 is 5.91 Å². The zero-order valence-electron chi connectivity index (χ0n) is 9.75. The third-order valence-electron chi connectivity index (χ3n) is 3.18. The second kappa shape index (κ2) is 5.48. The van der Waals surface area contributed by atoms with Crippen molar-refractivity contribution < 1.29 is 4.79 Å². The lowest BCUT2D eigenvalue weighted by molar-refractivity contribution is -0.118. The Kier molecular flexibility index (Phi) is 3.76. The summed E-state index contributed by atoms with van der Waals surface area (Å²) in [6.45, 7) is 0. The molecule has 0 saturated heterocycles. The number of allylic oxidation sites excluding steroid dienone is 4. The molecule has 1 aliphatic carbocycles. The van der Waals surface area contributed by atoms with Crippen molar-refractivity contribution in [1.29, 1.82) is 0 Å². The number of hydrogen-bond donors (Lipinski definition) is 1. The first-order chi connectivity index (χ1) is 8.27. The van der Waals surface area contributed by atoms with Crippen molar-refractivity contribution in [3.63, 3.8) is 0 Å². The lowest BCUT2D eigenvalue weighted by Gasteiger charge is -2.24. The van der Waals surface area contributed by atoms with Crippen LogP contribution in [0.2, 0.25) is 0 Å². The van der Waals surface area contributed by atoms with Gasteiger partial charge in [-0.3, -0.25) is 4.79 Å². The van der Waals surface area contributed by atoms with Gasteiger partial charge in [0.15, 0.2) is 0 Å². The predicted molar refractivity (Wildman–Crippen MR) is 69.4 cm³/mol. The van der Waals surface area contributed by atoms with E-state index in [-0.39, 0.29) is 11.8 Å². The Bertz CT molecular complexity index is 433. The van der Waals surface area contributed by atoms with E-state index in [1.54, 1.807) is 0 Å². The number of carbonyl (C=O) groups excluding carboxylic acids is 1. The highest BCUT2D eigenvalue weighted by Gasteiger charge is 2.22. The van der Waals surface area contributed by atoms with Crippen LogP contribution in [-0.2, 0) is 4.79 Å². The maximum Gasteiger partial charge on any atom is 0.218 e. The molecule has 2 rings (SSSR count). The van der Waals surface area contributed by atoms with Crippen LogP contribution in [0, 0.1) is 5.92 Å². The van der Waals surface area contributed by atoms with Crippen LogP contribution in [0.3, 0.4) is 0 Å². The molecule has 0 bridgehead atoms. The Morgan fingerprint density at radius 2 is 2.06 bits per heavy atom. The summed E-state index contributed by atoms with van der Waals surface area (Å²) in [4.78, 5) is 11.2. The molecule has 1 aliphatic rings. The van der Waals surface area contributed by atoms with Crippen molar-refractivity contribution in [2.45, 2.75) is 18.8 Å². The summed E-state index contributed by atoms with van der Waals surface area (Å²) in [7, 11) is 0. The molecule has 1 amide bonds. The first-order valence-electron chi connectivity index (χ1n) is 5.94. The minimum absolute atomic E-state index is 0.190. The molecule has 2 nitrogen and oxygen atoms in total. The third-order valence-corrected chi connectivity index (χ3v) is 3.18. The highest BCUT2D eigenvalue weighted by atomic mass is 16.1. The fourth-order valence-corrected chi connectivity index (χ4v) is 2.33. The van der Waals surface area contributed by atoms with E-state index in [1.807, 2.05) is 30.4 Å². The van der Waals surface area contributed by atoms with Gasteiger partial charge in [0.2, 0.25) is 5.91 Å². The van der Waals surface area contributed by atoms with Gasteiger partial charge in [0.25, 0.3) is 0 Å². The molecule has 2 N–H and O–H groups in total. The summed E-state index contributed by atoms with van der Waals surface area (Å²) in [5.41, 5.74) is 6.55. The van der Waals surface area contributed by atoms with Crippen LogP contribution in [-0.4, -0.2) is 5.91 Å². The number of benzene rings is 1. The Morgan fingerprint density at radius 3 is 2.65 bits per heavy atom. The molecule has 0 saturated carbocycles. The summed E-state index contributed by atoms with van der Waals surface area (Å²) < 4.78 is 0. The fraction of sp³-hybridized carbons (Fsp3) is 0.267. The largest absolute Gasteiger partial charge is 0.370 e. The van der Waals surface area contributed by atoms with Gasteiger partial charge in [-0.2, -0.15) is 0 Å². The van der Waals surface area contributed by atoms with Crippen molar-refractivity contribution in [2.24, 2.45) is 11.7 Å². The average molecular weight is 227 g/mol. The molecule has 1 aromatic rings. The summed E-state index contributed by atoms with van der Waals surface area (Å²) in [5.74, 6) is 0.326. The van der Waals surface area contributed by atoms with Gasteiger partial charge in [-0.25, -0.2) is 0 Å². The van der Waals surface area contributed by atoms with E-state index in [4.69, 9.17) is 5.73 Å². The standard InChI is InChI=1S/C15H17NO/c16-15(17)11-14(12-7-3-1-4-8-12)13-9-5-2-6-10-13/h1-9,13-14H,10-11H2,(H2,16,17). The van der Waals surface area contributed by atoms with Crippen LogP contribution in [0.5, 0.6) is 0 Å². The number of primary amides is 1. The molecule has 88 valence electrons. The maximum atomic E-state index is 11.2. The van der Waals surface area contributed by atoms with Crippen LogP contribution in [0.15, 0.2) is 54.6 Å². The average Bonchev–Trinajstić information content (AvgIpc) is 2.38. The molecule has 0 spiro atoms. The van der Waals surface area contributed by atoms with E-state index in [2.05, 4.69) is 24.3 Å². The summed E-state index contributed by atoms with van der Waals surface area (Å²) in [5, 5.41) is 0. The van der Waals surface area contributed by atoms with Crippen molar-refractivity contribution in [2.75, 3.05) is 0 Å². The van der Waals surface area contributed by atoms with E-state index < -0.39 is 0 Å². The second-order valence-corrected chi connectivity index (χ2v) is 4.40. The smallest absolute Gasteiger partial charge is 0.218 e. The topological polar surface area (TPSA) is 43.1 Å². The van der Waals surface area contributed by atoms with E-state index in [0.29, 0.717) is 12.3 Å². The minimum atomic E-state index is -0.234. The minimum Gasteiger partial charge on any atom is -0.370 e. The van der Waals surface area contributed by atoms with Gasteiger partial charge in [0, 0.05) is 6.42 Å².